The number of carbonyl (C=O) groups is 2. The maximum absolute atomic E-state index is 12.6. The van der Waals surface area contributed by atoms with E-state index < -0.39 is 11.4 Å². The van der Waals surface area contributed by atoms with E-state index in [9.17, 15) is 9.59 Å². The second-order valence-corrected chi connectivity index (χ2v) is 10.9. The molecule has 0 unspecified atom stereocenters. The molecule has 0 atom stereocenters. The lowest BCUT2D eigenvalue weighted by Gasteiger charge is -2.27. The van der Waals surface area contributed by atoms with Crippen molar-refractivity contribution < 1.29 is 19.1 Å². The van der Waals surface area contributed by atoms with Gasteiger partial charge in [-0.3, -0.25) is 4.79 Å². The summed E-state index contributed by atoms with van der Waals surface area (Å²) in [4.78, 5) is 24.9. The minimum absolute atomic E-state index is 0.00962. The molecule has 2 aromatic carbocycles. The molecule has 2 aromatic rings. The zero-order valence-electron chi connectivity index (χ0n) is 22.5. The smallest absolute Gasteiger partial charge is 0.330 e. The predicted molar refractivity (Wildman–Crippen MR) is 150 cm³/mol. The topological polar surface area (TPSA) is 105 Å². The number of benzene rings is 2. The Kier molecular flexibility index (Phi) is 10.2. The third-order valence-electron chi connectivity index (χ3n) is 7.29. The molecule has 0 spiro atoms. The first-order chi connectivity index (χ1) is 17.7. The van der Waals surface area contributed by atoms with E-state index in [0.717, 1.165) is 42.7 Å². The Labute approximate surface area is 221 Å². The first kappa shape index (κ1) is 28.3. The van der Waals surface area contributed by atoms with Gasteiger partial charge >= 0.3 is 11.9 Å². The van der Waals surface area contributed by atoms with Crippen LogP contribution in [-0.4, -0.2) is 18.5 Å². The van der Waals surface area contributed by atoms with Gasteiger partial charge in [0, 0.05) is 22.9 Å². The zero-order chi connectivity index (χ0) is 26.8. The van der Waals surface area contributed by atoms with Crippen molar-refractivity contribution in [1.82, 2.24) is 0 Å². The molecule has 0 bridgehead atoms. The maximum atomic E-state index is 12.6. The fraction of sp³-hybridized carbons (Fsp3) is 0.484. The van der Waals surface area contributed by atoms with Crippen LogP contribution >= 0.6 is 0 Å². The summed E-state index contributed by atoms with van der Waals surface area (Å²) in [6, 6.07) is 12.5. The minimum atomic E-state index is -0.457. The Morgan fingerprint density at radius 1 is 1.00 bits per heavy atom. The van der Waals surface area contributed by atoms with E-state index >= 15 is 0 Å². The van der Waals surface area contributed by atoms with Gasteiger partial charge in [0.15, 0.2) is 0 Å². The first-order valence-electron chi connectivity index (χ1n) is 13.5. The number of unbranched alkanes of at least 4 members (excludes halogenated alkanes) is 2. The molecule has 6 heteroatoms. The lowest BCUT2D eigenvalue weighted by atomic mass is 9.80. The zero-order valence-corrected chi connectivity index (χ0v) is 22.5. The number of carbonyl (C=O) groups excluding carboxylic acids is 2. The lowest BCUT2D eigenvalue weighted by Crippen LogP contribution is -2.27. The van der Waals surface area contributed by atoms with Crippen LogP contribution in [0, 0.1) is 11.8 Å². The SMILES string of the molecule is CCCCCC1CCC(C(=O)Oc2ccc(C=CC(=O)OCC(C)(C)c3ccc(N)cc3N)cc2)CC1. The quantitative estimate of drug-likeness (QED) is 0.116. The Morgan fingerprint density at radius 2 is 1.70 bits per heavy atom. The molecule has 1 aliphatic rings. The summed E-state index contributed by atoms with van der Waals surface area (Å²) in [7, 11) is 0. The van der Waals surface area contributed by atoms with Crippen LogP contribution in [0.15, 0.2) is 48.5 Å². The third kappa shape index (κ3) is 8.66. The van der Waals surface area contributed by atoms with Crippen LogP contribution in [0.2, 0.25) is 0 Å². The summed E-state index contributed by atoms with van der Waals surface area (Å²) in [5.74, 6) is 0.698. The summed E-state index contributed by atoms with van der Waals surface area (Å²) in [5.41, 5.74) is 14.3. The van der Waals surface area contributed by atoms with E-state index in [2.05, 4.69) is 6.92 Å². The second-order valence-electron chi connectivity index (χ2n) is 10.9. The van der Waals surface area contributed by atoms with Crippen molar-refractivity contribution in [2.75, 3.05) is 18.1 Å². The van der Waals surface area contributed by atoms with Crippen LogP contribution in [0.4, 0.5) is 11.4 Å². The van der Waals surface area contributed by atoms with Gasteiger partial charge in [0.25, 0.3) is 0 Å². The van der Waals surface area contributed by atoms with Gasteiger partial charge in [-0.05, 0) is 73.1 Å². The normalized spacial score (nSPS) is 18.0. The third-order valence-corrected chi connectivity index (χ3v) is 7.29. The van der Waals surface area contributed by atoms with Crippen LogP contribution < -0.4 is 16.2 Å². The molecule has 1 saturated carbocycles. The molecule has 4 N–H and O–H groups in total. The lowest BCUT2D eigenvalue weighted by molar-refractivity contribution is -0.140. The Hall–Kier alpha value is -3.28. The summed E-state index contributed by atoms with van der Waals surface area (Å²) >= 11 is 0. The number of rotatable bonds is 11. The molecule has 0 saturated heterocycles. The largest absolute Gasteiger partial charge is 0.462 e. The van der Waals surface area contributed by atoms with Crippen molar-refractivity contribution in [2.24, 2.45) is 11.8 Å². The van der Waals surface area contributed by atoms with Gasteiger partial charge in [-0.1, -0.05) is 64.7 Å². The number of hydrogen-bond acceptors (Lipinski definition) is 6. The van der Waals surface area contributed by atoms with Crippen LogP contribution in [0.5, 0.6) is 5.75 Å². The molecule has 1 fully saturated rings. The second kappa shape index (κ2) is 13.3. The van der Waals surface area contributed by atoms with E-state index in [1.807, 2.05) is 32.0 Å². The number of esters is 2. The highest BCUT2D eigenvalue weighted by Gasteiger charge is 2.27. The van der Waals surface area contributed by atoms with E-state index in [1.54, 1.807) is 30.3 Å². The van der Waals surface area contributed by atoms with Gasteiger partial charge in [0.05, 0.1) is 5.92 Å². The first-order valence-corrected chi connectivity index (χ1v) is 13.5. The summed E-state index contributed by atoms with van der Waals surface area (Å²) in [5, 5.41) is 0. The summed E-state index contributed by atoms with van der Waals surface area (Å²) in [6.07, 6.45) is 12.3. The fourth-order valence-electron chi connectivity index (χ4n) is 4.96. The minimum Gasteiger partial charge on any atom is -0.462 e. The van der Waals surface area contributed by atoms with Crippen molar-refractivity contribution in [3.63, 3.8) is 0 Å². The molecule has 0 heterocycles. The average molecular weight is 507 g/mol. The summed E-state index contributed by atoms with van der Waals surface area (Å²) in [6.45, 7) is 6.34. The van der Waals surface area contributed by atoms with E-state index in [0.29, 0.717) is 17.1 Å². The van der Waals surface area contributed by atoms with Crippen molar-refractivity contribution in [2.45, 2.75) is 77.6 Å². The maximum Gasteiger partial charge on any atom is 0.330 e. The van der Waals surface area contributed by atoms with E-state index in [1.165, 1.54) is 31.8 Å². The number of ether oxygens (including phenoxy) is 2. The monoisotopic (exact) mass is 506 g/mol. The highest BCUT2D eigenvalue weighted by Crippen LogP contribution is 2.33. The van der Waals surface area contributed by atoms with E-state index in [4.69, 9.17) is 20.9 Å². The molecule has 0 aromatic heterocycles. The van der Waals surface area contributed by atoms with Crippen LogP contribution in [0.1, 0.15) is 83.3 Å². The molecule has 3 rings (SSSR count). The van der Waals surface area contributed by atoms with Gasteiger partial charge in [0.1, 0.15) is 12.4 Å². The predicted octanol–water partition coefficient (Wildman–Crippen LogP) is 6.68. The van der Waals surface area contributed by atoms with Crippen LogP contribution in [0.25, 0.3) is 6.08 Å². The molecular weight excluding hydrogens is 464 g/mol. The number of anilines is 2. The Balaban J connectivity index is 1.44. The van der Waals surface area contributed by atoms with Crippen LogP contribution in [0.3, 0.4) is 0 Å². The van der Waals surface area contributed by atoms with Crippen molar-refractivity contribution in [1.29, 1.82) is 0 Å². The summed E-state index contributed by atoms with van der Waals surface area (Å²) < 4.78 is 11.1. The van der Waals surface area contributed by atoms with Gasteiger partial charge < -0.3 is 20.9 Å². The molecule has 200 valence electrons. The molecule has 1 aliphatic carbocycles. The fourth-order valence-corrected chi connectivity index (χ4v) is 4.96. The molecular formula is C31H42N2O4. The molecule has 37 heavy (non-hydrogen) atoms. The van der Waals surface area contributed by atoms with Gasteiger partial charge in [-0.15, -0.1) is 0 Å². The number of nitrogen functional groups attached to an aromatic ring is 2. The average Bonchev–Trinajstić information content (AvgIpc) is 2.87. The van der Waals surface area contributed by atoms with Gasteiger partial charge in [-0.2, -0.15) is 0 Å². The molecule has 0 amide bonds. The number of nitrogens with two attached hydrogens (primary N) is 2. The standard InChI is InChI=1S/C31H42N2O4/c1-4-5-6-7-22-8-13-24(14-9-22)30(35)37-26-16-10-23(11-17-26)12-19-29(34)36-21-31(2,3)27-18-15-25(32)20-28(27)33/h10-12,15-20,22,24H,4-9,13-14,21,32-33H2,1-3H3. The van der Waals surface area contributed by atoms with E-state index in [-0.39, 0.29) is 18.5 Å². The highest BCUT2D eigenvalue weighted by molar-refractivity contribution is 5.87. The molecule has 6 nitrogen and oxygen atoms in total. The molecule has 0 aliphatic heterocycles. The van der Waals surface area contributed by atoms with Crippen LogP contribution in [-0.2, 0) is 19.7 Å². The highest BCUT2D eigenvalue weighted by atomic mass is 16.5. The Morgan fingerprint density at radius 3 is 2.35 bits per heavy atom. The van der Waals surface area contributed by atoms with Crippen molar-refractivity contribution >= 4 is 29.4 Å². The molecule has 0 radical (unpaired) electrons. The van der Waals surface area contributed by atoms with Gasteiger partial charge in [-0.25, -0.2) is 4.79 Å². The van der Waals surface area contributed by atoms with Gasteiger partial charge in [0.2, 0.25) is 0 Å². The van der Waals surface area contributed by atoms with Crippen molar-refractivity contribution in [3.05, 3.63) is 59.7 Å². The van der Waals surface area contributed by atoms with Crippen molar-refractivity contribution in [3.8, 4) is 5.75 Å². The number of hydrogen-bond donors (Lipinski definition) is 2. The Bertz CT molecular complexity index is 1070.